The number of unbranched alkanes of at least 4 members (excludes halogenated alkanes) is 4. The van der Waals surface area contributed by atoms with Gasteiger partial charge in [-0.15, -0.1) is 0 Å². The molecule has 0 aromatic heterocycles. The van der Waals surface area contributed by atoms with E-state index in [1.165, 1.54) is 12.1 Å². The molecule has 1 fully saturated rings. The van der Waals surface area contributed by atoms with Gasteiger partial charge in [0.25, 0.3) is 0 Å². The number of alkyl halides is 5. The quantitative estimate of drug-likeness (QED) is 0.132. The molecule has 1 aliphatic carbocycles. The van der Waals surface area contributed by atoms with E-state index in [-0.39, 0.29) is 11.5 Å². The van der Waals surface area contributed by atoms with Crippen LogP contribution in [0, 0.1) is 11.6 Å². The van der Waals surface area contributed by atoms with Crippen LogP contribution in [0.1, 0.15) is 107 Å². The number of rotatable bonds is 17. The molecule has 1 N–H and O–H groups in total. The van der Waals surface area contributed by atoms with Gasteiger partial charge in [0, 0.05) is 18.5 Å². The van der Waals surface area contributed by atoms with Crippen molar-refractivity contribution in [1.82, 2.24) is 4.90 Å². The predicted octanol–water partition coefficient (Wildman–Crippen LogP) is 9.90. The molecule has 0 spiro atoms. The number of allylic oxidation sites excluding steroid dienone is 2. The molecule has 4 nitrogen and oxygen atoms in total. The minimum atomic E-state index is -5.67. The number of aromatic hydroxyl groups is 1. The molecule has 2 aromatic rings. The second kappa shape index (κ2) is 16.9. The summed E-state index contributed by atoms with van der Waals surface area (Å²) < 4.78 is 116. The van der Waals surface area contributed by atoms with Crippen molar-refractivity contribution in [3.05, 3.63) is 64.7 Å². The van der Waals surface area contributed by atoms with Crippen LogP contribution >= 0.6 is 0 Å². The highest BCUT2D eigenvalue weighted by Gasteiger charge is 2.56. The SMILES string of the molecule is O=S(=O)(CCCCC1CCCN1CCCCCCC1=C(c2cc(F)cc(F)c2)CCCc2cc(O)ccc21)CCCC(F)(F)C(F)(F)F. The van der Waals surface area contributed by atoms with E-state index in [0.29, 0.717) is 30.9 Å². The van der Waals surface area contributed by atoms with Crippen LogP contribution in [0.25, 0.3) is 11.1 Å². The number of hydrogen-bond donors (Lipinski definition) is 1. The van der Waals surface area contributed by atoms with Gasteiger partial charge in [-0.1, -0.05) is 25.3 Å². The maximum atomic E-state index is 14.2. The number of nitrogens with zero attached hydrogens (tertiary/aromatic N) is 1. The maximum Gasteiger partial charge on any atom is 0.453 e. The van der Waals surface area contributed by atoms with Gasteiger partial charge in [-0.05, 0) is 136 Å². The average Bonchev–Trinajstić information content (AvgIpc) is 3.35. The van der Waals surface area contributed by atoms with Crippen LogP contribution in [-0.4, -0.2) is 61.2 Å². The van der Waals surface area contributed by atoms with E-state index < -0.39 is 52.2 Å². The molecule has 1 atom stereocenters. The third-order valence-electron chi connectivity index (χ3n) is 9.59. The fraction of sp³-hybridized carbons (Fsp3) is 0.611. The normalized spacial score (nSPS) is 17.9. The zero-order chi connectivity index (χ0) is 35.0. The fourth-order valence-electron chi connectivity index (χ4n) is 7.13. The molecule has 1 unspecified atom stereocenters. The maximum absolute atomic E-state index is 14.2. The highest BCUT2D eigenvalue weighted by Crippen LogP contribution is 2.41. The number of phenols is 1. The van der Waals surface area contributed by atoms with Crippen LogP contribution in [-0.2, 0) is 16.3 Å². The summed E-state index contributed by atoms with van der Waals surface area (Å²) in [5, 5.41) is 10.1. The van der Waals surface area contributed by atoms with E-state index in [9.17, 15) is 44.3 Å². The number of likely N-dealkylation sites (tertiary alicyclic amines) is 1. The molecule has 2 aliphatic rings. The zero-order valence-corrected chi connectivity index (χ0v) is 28.1. The van der Waals surface area contributed by atoms with E-state index in [1.807, 2.05) is 6.07 Å². The topological polar surface area (TPSA) is 57.6 Å². The Kier molecular flexibility index (Phi) is 13.4. The van der Waals surface area contributed by atoms with Crippen molar-refractivity contribution in [1.29, 1.82) is 0 Å². The number of benzene rings is 2. The van der Waals surface area contributed by atoms with E-state index in [4.69, 9.17) is 0 Å². The lowest BCUT2D eigenvalue weighted by molar-refractivity contribution is -0.284. The fourth-order valence-corrected chi connectivity index (χ4v) is 8.56. The minimum Gasteiger partial charge on any atom is -0.508 e. The first-order chi connectivity index (χ1) is 22.6. The van der Waals surface area contributed by atoms with E-state index in [1.54, 1.807) is 12.1 Å². The molecule has 0 radical (unpaired) electrons. The predicted molar refractivity (Wildman–Crippen MR) is 175 cm³/mol. The lowest BCUT2D eigenvalue weighted by Gasteiger charge is -2.24. The lowest BCUT2D eigenvalue weighted by atomic mass is 9.89. The van der Waals surface area contributed by atoms with Crippen LogP contribution in [0.4, 0.5) is 30.7 Å². The van der Waals surface area contributed by atoms with E-state index in [2.05, 4.69) is 4.90 Å². The molecule has 1 heterocycles. The van der Waals surface area contributed by atoms with Gasteiger partial charge in [0.05, 0.1) is 11.5 Å². The number of hydrogen-bond acceptors (Lipinski definition) is 4. The molecular weight excluding hydrogens is 659 g/mol. The number of aryl methyl sites for hydroxylation is 1. The number of phenolic OH excluding ortho intramolecular Hbond substituents is 1. The van der Waals surface area contributed by atoms with Crippen LogP contribution in [0.3, 0.4) is 0 Å². The Labute approximate surface area is 279 Å². The van der Waals surface area contributed by atoms with Crippen LogP contribution in [0.2, 0.25) is 0 Å². The Morgan fingerprint density at radius 1 is 0.812 bits per heavy atom. The van der Waals surface area contributed by atoms with Gasteiger partial charge in [0.2, 0.25) is 0 Å². The molecule has 2 aromatic carbocycles. The molecule has 1 aliphatic heterocycles. The Balaban J connectivity index is 1.21. The Morgan fingerprint density at radius 3 is 2.25 bits per heavy atom. The van der Waals surface area contributed by atoms with Crippen molar-refractivity contribution in [2.24, 2.45) is 0 Å². The van der Waals surface area contributed by atoms with Gasteiger partial charge in [-0.2, -0.15) is 22.0 Å². The first-order valence-electron chi connectivity index (χ1n) is 17.0. The average molecular weight is 706 g/mol. The summed E-state index contributed by atoms with van der Waals surface area (Å²) in [4.78, 5) is 2.43. The van der Waals surface area contributed by atoms with E-state index in [0.717, 1.165) is 106 Å². The van der Waals surface area contributed by atoms with Gasteiger partial charge in [0.15, 0.2) is 0 Å². The van der Waals surface area contributed by atoms with Crippen molar-refractivity contribution in [3.63, 3.8) is 0 Å². The summed E-state index contributed by atoms with van der Waals surface area (Å²) in [5.74, 6) is -6.78. The molecule has 0 amide bonds. The van der Waals surface area contributed by atoms with Gasteiger partial charge in [-0.25, -0.2) is 17.2 Å². The smallest absolute Gasteiger partial charge is 0.453 e. The highest BCUT2D eigenvalue weighted by atomic mass is 32.2. The van der Waals surface area contributed by atoms with Crippen molar-refractivity contribution in [3.8, 4) is 5.75 Å². The van der Waals surface area contributed by atoms with E-state index >= 15 is 0 Å². The summed E-state index contributed by atoms with van der Waals surface area (Å²) in [7, 11) is -3.70. The summed E-state index contributed by atoms with van der Waals surface area (Å²) in [6, 6.07) is 9.35. The van der Waals surface area contributed by atoms with Crippen molar-refractivity contribution in [2.45, 2.75) is 114 Å². The highest BCUT2D eigenvalue weighted by molar-refractivity contribution is 7.91. The van der Waals surface area contributed by atoms with Gasteiger partial charge < -0.3 is 10.0 Å². The van der Waals surface area contributed by atoms with Crippen molar-refractivity contribution < 1.29 is 44.3 Å². The minimum absolute atomic E-state index is 0.201. The third kappa shape index (κ3) is 11.0. The van der Waals surface area contributed by atoms with Gasteiger partial charge in [0.1, 0.15) is 27.2 Å². The standard InChI is InChI=1S/C36H46F7NO3S/c37-28-22-27(23-29(38)25-28)32-14-7-10-26-24-31(45)15-16-33(26)34(32)13-3-1-2-5-18-44-19-8-12-30(44)11-4-6-20-48(46,47)21-9-17-35(39,40)36(41,42)43/h15-16,22-25,30,45H,1-14,17-21H2. The van der Waals surface area contributed by atoms with Gasteiger partial charge in [-0.3, -0.25) is 0 Å². The molecule has 268 valence electrons. The van der Waals surface area contributed by atoms with Crippen LogP contribution in [0.15, 0.2) is 36.4 Å². The first kappa shape index (κ1) is 38.2. The van der Waals surface area contributed by atoms with Gasteiger partial charge >= 0.3 is 12.1 Å². The Morgan fingerprint density at radius 2 is 1.52 bits per heavy atom. The first-order valence-corrected chi connectivity index (χ1v) is 18.9. The Hall–Kier alpha value is -2.60. The molecular formula is C36H46F7NO3S. The summed E-state index contributed by atoms with van der Waals surface area (Å²) >= 11 is 0. The third-order valence-corrected chi connectivity index (χ3v) is 11.4. The second-order valence-corrected chi connectivity index (χ2v) is 15.6. The Bertz CT molecular complexity index is 1490. The van der Waals surface area contributed by atoms with Crippen LogP contribution in [0.5, 0.6) is 5.75 Å². The summed E-state index contributed by atoms with van der Waals surface area (Å²) in [6.07, 6.45) is 2.88. The molecule has 0 bridgehead atoms. The number of sulfone groups is 1. The molecule has 12 heteroatoms. The second-order valence-electron chi connectivity index (χ2n) is 13.3. The largest absolute Gasteiger partial charge is 0.508 e. The molecule has 0 saturated carbocycles. The lowest BCUT2D eigenvalue weighted by Crippen LogP contribution is -2.36. The summed E-state index contributed by atoms with van der Waals surface area (Å²) in [6.45, 7) is 1.90. The number of halogens is 7. The number of fused-ring (bicyclic) bond motifs is 1. The summed E-state index contributed by atoms with van der Waals surface area (Å²) in [5.41, 5.74) is 4.66. The molecule has 48 heavy (non-hydrogen) atoms. The van der Waals surface area contributed by atoms with Crippen molar-refractivity contribution in [2.75, 3.05) is 24.6 Å². The monoisotopic (exact) mass is 705 g/mol. The van der Waals surface area contributed by atoms with Crippen LogP contribution < -0.4 is 0 Å². The molecule has 4 rings (SSSR count). The molecule has 1 saturated heterocycles. The zero-order valence-electron chi connectivity index (χ0n) is 27.2. The van der Waals surface area contributed by atoms with Crippen molar-refractivity contribution >= 4 is 21.0 Å².